The Labute approximate surface area is 184 Å². The topological polar surface area (TPSA) is 45.4 Å². The van der Waals surface area contributed by atoms with Crippen LogP contribution in [0.5, 0.6) is 5.75 Å². The second kappa shape index (κ2) is 9.00. The summed E-state index contributed by atoms with van der Waals surface area (Å²) in [7, 11) is 0. The van der Waals surface area contributed by atoms with Crippen molar-refractivity contribution in [1.82, 2.24) is 0 Å². The second-order valence-corrected chi connectivity index (χ2v) is 8.75. The molecule has 1 heterocycles. The fourth-order valence-corrected chi connectivity index (χ4v) is 5.05. The third-order valence-corrected chi connectivity index (χ3v) is 6.69. The van der Waals surface area contributed by atoms with E-state index in [9.17, 15) is 5.26 Å². The van der Waals surface area contributed by atoms with E-state index in [4.69, 9.17) is 27.9 Å². The first-order chi connectivity index (χ1) is 14.2. The average Bonchev–Trinajstić information content (AvgIpc) is 3.09. The first-order valence-corrected chi connectivity index (χ1v) is 11.0. The highest BCUT2D eigenvalue weighted by Gasteiger charge is 2.20. The summed E-state index contributed by atoms with van der Waals surface area (Å²) in [5.41, 5.74) is 3.64. The van der Waals surface area contributed by atoms with E-state index in [2.05, 4.69) is 11.1 Å². The highest BCUT2D eigenvalue weighted by Crippen LogP contribution is 2.39. The number of ether oxygens (including phenoxy) is 1. The smallest absolute Gasteiger partial charge is 0.134 e. The number of fused-ring (bicyclic) bond motifs is 1. The molecular formula is C23H18Cl2N2OS. The van der Waals surface area contributed by atoms with Crippen molar-refractivity contribution >= 4 is 45.8 Å². The maximum absolute atomic E-state index is 9.61. The molecule has 146 valence electrons. The van der Waals surface area contributed by atoms with Crippen LogP contribution < -0.4 is 4.74 Å². The Morgan fingerprint density at radius 1 is 1.14 bits per heavy atom. The maximum Gasteiger partial charge on any atom is 0.134 e. The minimum atomic E-state index is 0.331. The summed E-state index contributed by atoms with van der Waals surface area (Å²) in [6.07, 6.45) is 6.13. The predicted octanol–water partition coefficient (Wildman–Crippen LogP) is 7.13. The molecule has 0 bridgehead atoms. The molecule has 1 aliphatic carbocycles. The van der Waals surface area contributed by atoms with Gasteiger partial charge in [0.1, 0.15) is 23.4 Å². The van der Waals surface area contributed by atoms with Crippen molar-refractivity contribution in [1.29, 1.82) is 5.26 Å². The molecule has 0 N–H and O–H groups in total. The average molecular weight is 441 g/mol. The van der Waals surface area contributed by atoms with Crippen molar-refractivity contribution < 1.29 is 4.74 Å². The van der Waals surface area contributed by atoms with Crippen LogP contribution in [0.2, 0.25) is 10.0 Å². The van der Waals surface area contributed by atoms with Crippen molar-refractivity contribution in [2.45, 2.75) is 32.3 Å². The Bertz CT molecular complexity index is 1110. The molecule has 29 heavy (non-hydrogen) atoms. The molecule has 0 spiro atoms. The fraction of sp³-hybridized carbons (Fsp3) is 0.217. The van der Waals surface area contributed by atoms with E-state index < -0.39 is 0 Å². The largest absolute Gasteiger partial charge is 0.488 e. The van der Waals surface area contributed by atoms with Gasteiger partial charge in [0, 0.05) is 32.3 Å². The number of nitrogens with zero attached hydrogens (tertiary/aromatic N) is 2. The lowest BCUT2D eigenvalue weighted by Gasteiger charge is -2.10. The van der Waals surface area contributed by atoms with Gasteiger partial charge in [-0.15, -0.1) is 11.3 Å². The van der Waals surface area contributed by atoms with E-state index in [1.54, 1.807) is 29.7 Å². The number of para-hydroxylation sites is 1. The Morgan fingerprint density at radius 3 is 2.79 bits per heavy atom. The fourth-order valence-electron chi connectivity index (χ4n) is 3.40. The quantitative estimate of drug-likeness (QED) is 0.395. The normalized spacial score (nSPS) is 13.3. The number of thiophene rings is 1. The monoisotopic (exact) mass is 440 g/mol. The first-order valence-electron chi connectivity index (χ1n) is 9.40. The third-order valence-electron chi connectivity index (χ3n) is 4.90. The minimum absolute atomic E-state index is 0.331. The van der Waals surface area contributed by atoms with Crippen LogP contribution in [0.25, 0.3) is 0 Å². The van der Waals surface area contributed by atoms with Crippen LogP contribution in [0.15, 0.2) is 47.5 Å². The highest BCUT2D eigenvalue weighted by atomic mass is 35.5. The van der Waals surface area contributed by atoms with Crippen LogP contribution in [0.3, 0.4) is 0 Å². The van der Waals surface area contributed by atoms with Gasteiger partial charge in [-0.2, -0.15) is 5.26 Å². The maximum atomic E-state index is 9.61. The van der Waals surface area contributed by atoms with Crippen molar-refractivity contribution in [2.24, 2.45) is 4.99 Å². The van der Waals surface area contributed by atoms with Crippen LogP contribution in [0.1, 0.15) is 40.0 Å². The van der Waals surface area contributed by atoms with E-state index in [-0.39, 0.29) is 0 Å². The van der Waals surface area contributed by atoms with Gasteiger partial charge in [-0.05, 0) is 55.5 Å². The summed E-state index contributed by atoms with van der Waals surface area (Å²) in [5.74, 6) is 0.710. The molecule has 3 aromatic rings. The van der Waals surface area contributed by atoms with E-state index in [0.29, 0.717) is 22.4 Å². The van der Waals surface area contributed by atoms with Crippen LogP contribution in [-0.4, -0.2) is 6.21 Å². The summed E-state index contributed by atoms with van der Waals surface area (Å²) >= 11 is 13.8. The molecule has 0 aliphatic heterocycles. The standard InChI is InChI=1S/C23H18Cl2N2OS/c24-17-10-9-16(20(25)11-17)14-28-21-7-3-1-5-15(21)13-27-23-19(12-26)18-6-2-4-8-22(18)29-23/h1,3,5,7,9-11,13H,2,4,6,8,14H2/b27-13+. The summed E-state index contributed by atoms with van der Waals surface area (Å²) in [6.45, 7) is 0.331. The summed E-state index contributed by atoms with van der Waals surface area (Å²) in [5, 5.41) is 11.6. The van der Waals surface area contributed by atoms with Crippen LogP contribution >= 0.6 is 34.5 Å². The van der Waals surface area contributed by atoms with Gasteiger partial charge in [0.05, 0.1) is 5.56 Å². The zero-order valence-corrected chi connectivity index (χ0v) is 17.9. The van der Waals surface area contributed by atoms with E-state index in [1.165, 1.54) is 16.9 Å². The summed E-state index contributed by atoms with van der Waals surface area (Å²) in [6, 6.07) is 15.4. The lowest BCUT2D eigenvalue weighted by molar-refractivity contribution is 0.306. The first kappa shape index (κ1) is 20.0. The summed E-state index contributed by atoms with van der Waals surface area (Å²) in [4.78, 5) is 5.95. The van der Waals surface area contributed by atoms with Crippen LogP contribution in [0, 0.1) is 11.3 Å². The van der Waals surface area contributed by atoms with Gasteiger partial charge in [0.2, 0.25) is 0 Å². The molecule has 1 aliphatic rings. The third kappa shape index (κ3) is 4.48. The van der Waals surface area contributed by atoms with Crippen LogP contribution in [0.4, 0.5) is 5.00 Å². The molecule has 2 aromatic carbocycles. The minimum Gasteiger partial charge on any atom is -0.488 e. The Balaban J connectivity index is 1.56. The van der Waals surface area contributed by atoms with Gasteiger partial charge >= 0.3 is 0 Å². The molecule has 3 nitrogen and oxygen atoms in total. The molecule has 6 heteroatoms. The van der Waals surface area contributed by atoms with Crippen molar-refractivity contribution in [3.8, 4) is 11.8 Å². The summed E-state index contributed by atoms with van der Waals surface area (Å²) < 4.78 is 5.99. The van der Waals surface area contributed by atoms with E-state index in [1.807, 2.05) is 30.3 Å². The zero-order chi connectivity index (χ0) is 20.2. The Morgan fingerprint density at radius 2 is 1.97 bits per heavy atom. The molecule has 0 radical (unpaired) electrons. The van der Waals surface area contributed by atoms with E-state index in [0.717, 1.165) is 41.0 Å². The number of hydrogen-bond acceptors (Lipinski definition) is 4. The zero-order valence-electron chi connectivity index (χ0n) is 15.6. The number of rotatable bonds is 5. The molecule has 0 atom stereocenters. The van der Waals surface area contributed by atoms with Gasteiger partial charge in [-0.1, -0.05) is 41.4 Å². The number of hydrogen-bond donors (Lipinski definition) is 0. The number of benzene rings is 2. The van der Waals surface area contributed by atoms with E-state index >= 15 is 0 Å². The van der Waals surface area contributed by atoms with Crippen LogP contribution in [-0.2, 0) is 19.4 Å². The van der Waals surface area contributed by atoms with Crippen molar-refractivity contribution in [3.63, 3.8) is 0 Å². The SMILES string of the molecule is N#Cc1c(/N=C/c2ccccc2OCc2ccc(Cl)cc2Cl)sc2c1CCCC2. The highest BCUT2D eigenvalue weighted by molar-refractivity contribution is 7.16. The molecule has 0 saturated heterocycles. The molecule has 1 aromatic heterocycles. The number of halogens is 2. The number of nitriles is 1. The lowest BCUT2D eigenvalue weighted by Crippen LogP contribution is -1.99. The van der Waals surface area contributed by atoms with Gasteiger partial charge in [0.25, 0.3) is 0 Å². The lowest BCUT2D eigenvalue weighted by atomic mass is 9.96. The van der Waals surface area contributed by atoms with Gasteiger partial charge < -0.3 is 4.74 Å². The molecule has 0 saturated carbocycles. The predicted molar refractivity (Wildman–Crippen MR) is 120 cm³/mol. The Kier molecular flexibility index (Phi) is 6.20. The molecule has 4 rings (SSSR count). The number of aryl methyl sites for hydroxylation is 1. The van der Waals surface area contributed by atoms with Gasteiger partial charge in [-0.3, -0.25) is 0 Å². The van der Waals surface area contributed by atoms with Crippen molar-refractivity contribution in [3.05, 3.63) is 79.6 Å². The second-order valence-electron chi connectivity index (χ2n) is 6.82. The Hall–Kier alpha value is -2.32. The molecule has 0 unspecified atom stereocenters. The molecular weight excluding hydrogens is 423 g/mol. The number of aliphatic imine (C=N–C) groups is 1. The van der Waals surface area contributed by atoms with Crippen molar-refractivity contribution in [2.75, 3.05) is 0 Å². The van der Waals surface area contributed by atoms with Gasteiger partial charge in [0.15, 0.2) is 0 Å². The van der Waals surface area contributed by atoms with Gasteiger partial charge in [-0.25, -0.2) is 4.99 Å². The molecule has 0 amide bonds. The molecule has 0 fully saturated rings.